The van der Waals surface area contributed by atoms with Crippen LogP contribution in [0.4, 0.5) is 13.2 Å². The Kier molecular flexibility index (Phi) is 7.26. The quantitative estimate of drug-likeness (QED) is 0.705. The minimum atomic E-state index is -4.53. The van der Waals surface area contributed by atoms with E-state index < -0.39 is 27.8 Å². The minimum absolute atomic E-state index is 0.148. The predicted octanol–water partition coefficient (Wildman–Crippen LogP) is 3.28. The number of amides is 1. The van der Waals surface area contributed by atoms with Gasteiger partial charge in [-0.1, -0.05) is 30.3 Å². The Balaban J connectivity index is 1.58. The lowest BCUT2D eigenvalue weighted by molar-refractivity contribution is -0.137. The van der Waals surface area contributed by atoms with Crippen molar-refractivity contribution in [3.8, 4) is 0 Å². The van der Waals surface area contributed by atoms with Gasteiger partial charge < -0.3 is 5.32 Å². The van der Waals surface area contributed by atoms with E-state index in [-0.39, 0.29) is 29.9 Å². The molecule has 0 radical (unpaired) electrons. The Bertz CT molecular complexity index is 1020. The third-order valence-corrected chi connectivity index (χ3v) is 7.59. The highest BCUT2D eigenvalue weighted by atomic mass is 32.2. The normalized spacial score (nSPS) is 18.2. The third kappa shape index (κ3) is 5.48. The highest BCUT2D eigenvalue weighted by Gasteiger charge is 2.34. The first-order chi connectivity index (χ1) is 15.0. The van der Waals surface area contributed by atoms with Crippen LogP contribution in [0.3, 0.4) is 0 Å². The van der Waals surface area contributed by atoms with Crippen molar-refractivity contribution in [1.82, 2.24) is 14.5 Å². The maximum atomic E-state index is 12.8. The van der Waals surface area contributed by atoms with Crippen LogP contribution in [0, 0.1) is 0 Å². The molecule has 2 aromatic carbocycles. The standard InChI is InChI=1S/C22H26F3N3O3S/c1-16(18-6-4-3-5-7-18)26-21(29)17(2)27-12-14-28(15-13-27)32(30,31)20-10-8-19(9-11-20)22(23,24)25/h3-11,16-17H,12-15H2,1-2H3,(H,26,29)/t16-,17-/m0/s1. The van der Waals surface area contributed by atoms with E-state index in [1.54, 1.807) is 6.92 Å². The third-order valence-electron chi connectivity index (χ3n) is 5.68. The van der Waals surface area contributed by atoms with Crippen LogP contribution in [0.1, 0.15) is 31.0 Å². The molecule has 0 aliphatic carbocycles. The number of sulfonamides is 1. The van der Waals surface area contributed by atoms with Crippen molar-refractivity contribution in [3.05, 3.63) is 65.7 Å². The SMILES string of the molecule is C[C@H](NC(=O)[C@H](C)N1CCN(S(=O)(=O)c2ccc(C(F)(F)F)cc2)CC1)c1ccccc1. The zero-order valence-electron chi connectivity index (χ0n) is 17.8. The van der Waals surface area contributed by atoms with Gasteiger partial charge in [-0.3, -0.25) is 9.69 Å². The van der Waals surface area contributed by atoms with Gasteiger partial charge >= 0.3 is 6.18 Å². The molecule has 1 heterocycles. The molecule has 1 N–H and O–H groups in total. The lowest BCUT2D eigenvalue weighted by atomic mass is 10.1. The summed E-state index contributed by atoms with van der Waals surface area (Å²) in [6, 6.07) is 12.4. The van der Waals surface area contributed by atoms with E-state index in [0.29, 0.717) is 13.1 Å². The summed E-state index contributed by atoms with van der Waals surface area (Å²) in [5.41, 5.74) is 0.0892. The van der Waals surface area contributed by atoms with Gasteiger partial charge in [0.05, 0.1) is 22.5 Å². The molecule has 32 heavy (non-hydrogen) atoms. The average Bonchev–Trinajstić information content (AvgIpc) is 2.78. The van der Waals surface area contributed by atoms with Crippen LogP contribution in [0.5, 0.6) is 0 Å². The smallest absolute Gasteiger partial charge is 0.348 e. The highest BCUT2D eigenvalue weighted by Crippen LogP contribution is 2.30. The predicted molar refractivity (Wildman–Crippen MR) is 114 cm³/mol. The van der Waals surface area contributed by atoms with Gasteiger partial charge in [0.1, 0.15) is 0 Å². The fourth-order valence-corrected chi connectivity index (χ4v) is 5.04. The minimum Gasteiger partial charge on any atom is -0.348 e. The van der Waals surface area contributed by atoms with E-state index in [1.807, 2.05) is 42.2 Å². The van der Waals surface area contributed by atoms with Gasteiger partial charge in [0.25, 0.3) is 0 Å². The second kappa shape index (κ2) is 9.60. The van der Waals surface area contributed by atoms with Crippen molar-refractivity contribution >= 4 is 15.9 Å². The lowest BCUT2D eigenvalue weighted by Gasteiger charge is -2.37. The maximum absolute atomic E-state index is 12.8. The molecule has 174 valence electrons. The van der Waals surface area contributed by atoms with Gasteiger partial charge in [-0.15, -0.1) is 0 Å². The number of carbonyl (C=O) groups is 1. The number of piperazine rings is 1. The van der Waals surface area contributed by atoms with Crippen molar-refractivity contribution in [1.29, 1.82) is 0 Å². The Morgan fingerprint density at radius 1 is 0.938 bits per heavy atom. The molecular formula is C22H26F3N3O3S. The van der Waals surface area contributed by atoms with E-state index in [9.17, 15) is 26.4 Å². The molecule has 0 unspecified atom stereocenters. The largest absolute Gasteiger partial charge is 0.416 e. The Hall–Kier alpha value is -2.43. The maximum Gasteiger partial charge on any atom is 0.416 e. The van der Waals surface area contributed by atoms with E-state index in [4.69, 9.17) is 0 Å². The summed E-state index contributed by atoms with van der Waals surface area (Å²) in [4.78, 5) is 14.4. The molecular weight excluding hydrogens is 443 g/mol. The summed E-state index contributed by atoms with van der Waals surface area (Å²) in [5, 5.41) is 2.97. The van der Waals surface area contributed by atoms with Gasteiger partial charge in [0.2, 0.25) is 15.9 Å². The van der Waals surface area contributed by atoms with E-state index in [2.05, 4.69) is 5.32 Å². The summed E-state index contributed by atoms with van der Waals surface area (Å²) >= 11 is 0. The number of rotatable bonds is 6. The number of nitrogens with one attached hydrogen (secondary N) is 1. The number of hydrogen-bond donors (Lipinski definition) is 1. The molecule has 0 bridgehead atoms. The second-order valence-electron chi connectivity index (χ2n) is 7.78. The fourth-order valence-electron chi connectivity index (χ4n) is 3.62. The fraction of sp³-hybridized carbons (Fsp3) is 0.409. The molecule has 1 aliphatic rings. The van der Waals surface area contributed by atoms with E-state index in [0.717, 1.165) is 29.8 Å². The Morgan fingerprint density at radius 2 is 1.50 bits per heavy atom. The molecule has 0 aromatic heterocycles. The zero-order chi connectivity index (χ0) is 23.5. The summed E-state index contributed by atoms with van der Waals surface area (Å²) in [5.74, 6) is -0.152. The van der Waals surface area contributed by atoms with Gasteiger partial charge in [0, 0.05) is 26.2 Å². The van der Waals surface area contributed by atoms with Gasteiger partial charge in [-0.05, 0) is 43.7 Å². The number of alkyl halides is 3. The van der Waals surface area contributed by atoms with Crippen molar-refractivity contribution in [2.45, 2.75) is 37.0 Å². The number of benzene rings is 2. The van der Waals surface area contributed by atoms with Crippen LogP contribution >= 0.6 is 0 Å². The van der Waals surface area contributed by atoms with Crippen LogP contribution in [-0.4, -0.2) is 55.8 Å². The van der Waals surface area contributed by atoms with Crippen molar-refractivity contribution < 1.29 is 26.4 Å². The van der Waals surface area contributed by atoms with Crippen LogP contribution in [0.15, 0.2) is 59.5 Å². The molecule has 3 rings (SSSR count). The summed E-state index contributed by atoms with van der Waals surface area (Å²) in [6.45, 7) is 4.65. The molecule has 0 saturated carbocycles. The average molecular weight is 470 g/mol. The molecule has 2 aromatic rings. The molecule has 1 amide bonds. The zero-order valence-corrected chi connectivity index (χ0v) is 18.7. The van der Waals surface area contributed by atoms with Crippen LogP contribution in [0.25, 0.3) is 0 Å². The number of nitrogens with zero attached hydrogens (tertiary/aromatic N) is 2. The molecule has 6 nitrogen and oxygen atoms in total. The topological polar surface area (TPSA) is 69.7 Å². The number of halogens is 3. The van der Waals surface area contributed by atoms with Crippen molar-refractivity contribution in [2.75, 3.05) is 26.2 Å². The van der Waals surface area contributed by atoms with Crippen LogP contribution < -0.4 is 5.32 Å². The Labute approximate surface area is 186 Å². The molecule has 1 saturated heterocycles. The summed E-state index contributed by atoms with van der Waals surface area (Å²) < 4.78 is 65.1. The molecule has 0 spiro atoms. The summed E-state index contributed by atoms with van der Waals surface area (Å²) in [7, 11) is -3.91. The molecule has 2 atom stereocenters. The second-order valence-corrected chi connectivity index (χ2v) is 9.72. The first-order valence-corrected chi connectivity index (χ1v) is 11.7. The first-order valence-electron chi connectivity index (χ1n) is 10.3. The Morgan fingerprint density at radius 3 is 2.03 bits per heavy atom. The molecule has 10 heteroatoms. The lowest BCUT2D eigenvalue weighted by Crippen LogP contribution is -2.55. The highest BCUT2D eigenvalue weighted by molar-refractivity contribution is 7.89. The van der Waals surface area contributed by atoms with Crippen molar-refractivity contribution in [3.63, 3.8) is 0 Å². The molecule has 1 aliphatic heterocycles. The van der Waals surface area contributed by atoms with Crippen LogP contribution in [0.2, 0.25) is 0 Å². The van der Waals surface area contributed by atoms with Gasteiger partial charge in [0.15, 0.2) is 0 Å². The summed E-state index contributed by atoms with van der Waals surface area (Å²) in [6.07, 6.45) is -4.53. The van der Waals surface area contributed by atoms with E-state index >= 15 is 0 Å². The van der Waals surface area contributed by atoms with Gasteiger partial charge in [-0.25, -0.2) is 8.42 Å². The number of hydrogen-bond acceptors (Lipinski definition) is 4. The number of carbonyl (C=O) groups excluding carboxylic acids is 1. The monoisotopic (exact) mass is 469 g/mol. The van der Waals surface area contributed by atoms with E-state index in [1.165, 1.54) is 4.31 Å². The van der Waals surface area contributed by atoms with Gasteiger partial charge in [-0.2, -0.15) is 17.5 Å². The first kappa shape index (κ1) is 24.2. The molecule has 1 fully saturated rings. The van der Waals surface area contributed by atoms with Crippen molar-refractivity contribution in [2.24, 2.45) is 0 Å². The van der Waals surface area contributed by atoms with Crippen LogP contribution in [-0.2, 0) is 21.0 Å².